The van der Waals surface area contributed by atoms with Gasteiger partial charge in [-0.1, -0.05) is 91.0 Å². The maximum absolute atomic E-state index is 13.0. The largest absolute Gasteiger partial charge is 0.348 e. The predicted octanol–water partition coefficient (Wildman–Crippen LogP) is 4.76. The maximum Gasteiger partial charge on any atom is 0.252 e. The molecule has 0 spiro atoms. The molecular formula is C27H24N2O3S. The standard InChI is InChI=1S/C27H24N2O3S/c30-27(28-19-21-11-3-1-4-12-21)26-18-10-9-17-25(26)24-16-8-7-13-22(24)20-29-33(31,32)23-14-5-2-6-15-23/h1-18,29H,19-20H2,(H,28,30). The predicted molar refractivity (Wildman–Crippen MR) is 130 cm³/mol. The third-order valence-electron chi connectivity index (χ3n) is 5.28. The Balaban J connectivity index is 1.57. The Hall–Kier alpha value is -3.74. The number of nitrogens with one attached hydrogen (secondary N) is 2. The number of carbonyl (C=O) groups excluding carboxylic acids is 1. The first-order chi connectivity index (χ1) is 16.0. The molecule has 5 nitrogen and oxygen atoms in total. The van der Waals surface area contributed by atoms with E-state index in [1.807, 2.05) is 72.8 Å². The van der Waals surface area contributed by atoms with Crippen molar-refractivity contribution in [2.45, 2.75) is 18.0 Å². The molecule has 0 heterocycles. The summed E-state index contributed by atoms with van der Waals surface area (Å²) < 4.78 is 28.0. The van der Waals surface area contributed by atoms with Crippen molar-refractivity contribution < 1.29 is 13.2 Å². The van der Waals surface area contributed by atoms with E-state index in [-0.39, 0.29) is 17.3 Å². The number of carbonyl (C=O) groups is 1. The third-order valence-corrected chi connectivity index (χ3v) is 6.70. The van der Waals surface area contributed by atoms with E-state index in [4.69, 9.17) is 0 Å². The second-order valence-corrected chi connectivity index (χ2v) is 9.28. The lowest BCUT2D eigenvalue weighted by molar-refractivity contribution is 0.0951. The van der Waals surface area contributed by atoms with Crippen molar-refractivity contribution in [3.8, 4) is 11.1 Å². The van der Waals surface area contributed by atoms with E-state index in [0.29, 0.717) is 12.1 Å². The molecule has 166 valence electrons. The van der Waals surface area contributed by atoms with Gasteiger partial charge in [0.1, 0.15) is 0 Å². The molecule has 0 atom stereocenters. The highest BCUT2D eigenvalue weighted by Gasteiger charge is 2.17. The minimum atomic E-state index is -3.65. The normalized spacial score (nSPS) is 11.2. The van der Waals surface area contributed by atoms with Gasteiger partial charge in [0.2, 0.25) is 10.0 Å². The Morgan fingerprint density at radius 2 is 1.21 bits per heavy atom. The van der Waals surface area contributed by atoms with Crippen LogP contribution in [-0.2, 0) is 23.1 Å². The molecule has 1 amide bonds. The summed E-state index contributed by atoms with van der Waals surface area (Å²) in [7, 11) is -3.65. The van der Waals surface area contributed by atoms with E-state index in [9.17, 15) is 13.2 Å². The summed E-state index contributed by atoms with van der Waals surface area (Å²) in [5.74, 6) is -0.186. The first-order valence-corrected chi connectivity index (χ1v) is 12.1. The number of benzene rings is 4. The summed E-state index contributed by atoms with van der Waals surface area (Å²) in [5, 5.41) is 2.97. The first kappa shape index (κ1) is 22.5. The summed E-state index contributed by atoms with van der Waals surface area (Å²) in [6, 6.07) is 32.8. The van der Waals surface area contributed by atoms with Gasteiger partial charge in [0.15, 0.2) is 0 Å². The molecule has 0 aliphatic heterocycles. The minimum Gasteiger partial charge on any atom is -0.348 e. The van der Waals surface area contributed by atoms with Crippen molar-refractivity contribution in [1.82, 2.24) is 10.0 Å². The molecule has 0 aromatic heterocycles. The third kappa shape index (κ3) is 5.55. The van der Waals surface area contributed by atoms with Crippen LogP contribution in [0.5, 0.6) is 0 Å². The zero-order chi connectivity index (χ0) is 23.1. The molecule has 0 saturated heterocycles. The van der Waals surface area contributed by atoms with Gasteiger partial charge in [0.25, 0.3) is 5.91 Å². The SMILES string of the molecule is O=C(NCc1ccccc1)c1ccccc1-c1ccccc1CNS(=O)(=O)c1ccccc1. The van der Waals surface area contributed by atoms with Crippen LogP contribution in [0.15, 0.2) is 114 Å². The number of amides is 1. The van der Waals surface area contributed by atoms with Crippen molar-refractivity contribution in [3.05, 3.63) is 126 Å². The highest BCUT2D eigenvalue weighted by molar-refractivity contribution is 7.89. The average Bonchev–Trinajstić information content (AvgIpc) is 2.87. The molecular weight excluding hydrogens is 432 g/mol. The van der Waals surface area contributed by atoms with Crippen LogP contribution in [0.3, 0.4) is 0 Å². The van der Waals surface area contributed by atoms with Gasteiger partial charge < -0.3 is 5.32 Å². The fourth-order valence-corrected chi connectivity index (χ4v) is 4.61. The molecule has 33 heavy (non-hydrogen) atoms. The number of sulfonamides is 1. The van der Waals surface area contributed by atoms with Gasteiger partial charge in [-0.3, -0.25) is 4.79 Å². The lowest BCUT2D eigenvalue weighted by atomic mass is 9.95. The molecule has 4 aromatic carbocycles. The van der Waals surface area contributed by atoms with Gasteiger partial charge in [-0.15, -0.1) is 0 Å². The van der Waals surface area contributed by atoms with Crippen molar-refractivity contribution in [3.63, 3.8) is 0 Å². The Morgan fingerprint density at radius 3 is 1.94 bits per heavy atom. The zero-order valence-corrected chi connectivity index (χ0v) is 18.8. The molecule has 0 bridgehead atoms. The van der Waals surface area contributed by atoms with Crippen LogP contribution in [0.2, 0.25) is 0 Å². The highest BCUT2D eigenvalue weighted by Crippen LogP contribution is 2.27. The molecule has 6 heteroatoms. The van der Waals surface area contributed by atoms with E-state index in [1.165, 1.54) is 0 Å². The number of hydrogen-bond donors (Lipinski definition) is 2. The molecule has 0 fully saturated rings. The second kappa shape index (κ2) is 10.3. The van der Waals surface area contributed by atoms with Crippen LogP contribution in [0.4, 0.5) is 0 Å². The van der Waals surface area contributed by atoms with Crippen LogP contribution in [0.25, 0.3) is 11.1 Å². The van der Waals surface area contributed by atoms with Crippen LogP contribution in [0, 0.1) is 0 Å². The monoisotopic (exact) mass is 456 g/mol. The summed E-state index contributed by atoms with van der Waals surface area (Å²) in [5.41, 5.74) is 3.88. The van der Waals surface area contributed by atoms with Gasteiger partial charge in [0.05, 0.1) is 4.90 Å². The maximum atomic E-state index is 13.0. The van der Waals surface area contributed by atoms with Crippen LogP contribution < -0.4 is 10.0 Å². The van der Waals surface area contributed by atoms with E-state index in [2.05, 4.69) is 10.0 Å². The molecule has 0 aliphatic carbocycles. The van der Waals surface area contributed by atoms with Gasteiger partial charge in [-0.25, -0.2) is 13.1 Å². The van der Waals surface area contributed by atoms with Crippen molar-refractivity contribution in [2.24, 2.45) is 0 Å². The zero-order valence-electron chi connectivity index (χ0n) is 17.9. The average molecular weight is 457 g/mol. The fraction of sp³-hybridized carbons (Fsp3) is 0.0741. The van der Waals surface area contributed by atoms with E-state index < -0.39 is 10.0 Å². The van der Waals surface area contributed by atoms with Gasteiger partial charge in [0, 0.05) is 18.7 Å². The smallest absolute Gasteiger partial charge is 0.252 e. The topological polar surface area (TPSA) is 75.3 Å². The van der Waals surface area contributed by atoms with E-state index >= 15 is 0 Å². The van der Waals surface area contributed by atoms with Gasteiger partial charge in [-0.05, 0) is 40.5 Å². The molecule has 4 aromatic rings. The van der Waals surface area contributed by atoms with E-state index in [0.717, 1.165) is 22.3 Å². The Bertz CT molecular complexity index is 1340. The number of rotatable bonds is 8. The Morgan fingerprint density at radius 1 is 0.636 bits per heavy atom. The Labute approximate surface area is 194 Å². The van der Waals surface area contributed by atoms with Crippen molar-refractivity contribution >= 4 is 15.9 Å². The highest BCUT2D eigenvalue weighted by atomic mass is 32.2. The van der Waals surface area contributed by atoms with Gasteiger partial charge >= 0.3 is 0 Å². The number of hydrogen-bond acceptors (Lipinski definition) is 3. The lowest BCUT2D eigenvalue weighted by Crippen LogP contribution is -2.24. The first-order valence-electron chi connectivity index (χ1n) is 10.6. The molecule has 2 N–H and O–H groups in total. The molecule has 0 radical (unpaired) electrons. The fourth-order valence-electron chi connectivity index (χ4n) is 3.58. The summed E-state index contributed by atoms with van der Waals surface area (Å²) in [6.07, 6.45) is 0. The molecule has 4 rings (SSSR count). The lowest BCUT2D eigenvalue weighted by Gasteiger charge is -2.15. The second-order valence-electron chi connectivity index (χ2n) is 7.51. The van der Waals surface area contributed by atoms with Crippen molar-refractivity contribution in [2.75, 3.05) is 0 Å². The van der Waals surface area contributed by atoms with Crippen LogP contribution in [-0.4, -0.2) is 14.3 Å². The molecule has 0 unspecified atom stereocenters. The van der Waals surface area contributed by atoms with Crippen LogP contribution >= 0.6 is 0 Å². The Kier molecular flexibility index (Phi) is 6.98. The van der Waals surface area contributed by atoms with Gasteiger partial charge in [-0.2, -0.15) is 0 Å². The van der Waals surface area contributed by atoms with Crippen LogP contribution in [0.1, 0.15) is 21.5 Å². The minimum absolute atomic E-state index is 0.105. The molecule has 0 aliphatic rings. The quantitative estimate of drug-likeness (QED) is 0.401. The summed E-state index contributed by atoms with van der Waals surface area (Å²) in [4.78, 5) is 13.2. The molecule has 0 saturated carbocycles. The van der Waals surface area contributed by atoms with E-state index in [1.54, 1.807) is 36.4 Å². The summed E-state index contributed by atoms with van der Waals surface area (Å²) in [6.45, 7) is 0.528. The van der Waals surface area contributed by atoms with Crippen molar-refractivity contribution in [1.29, 1.82) is 0 Å². The summed E-state index contributed by atoms with van der Waals surface area (Å²) >= 11 is 0.